The fourth-order valence-corrected chi connectivity index (χ4v) is 7.61. The predicted octanol–water partition coefficient (Wildman–Crippen LogP) is 8.63. The van der Waals surface area contributed by atoms with Crippen LogP contribution in [0.2, 0.25) is 0 Å². The standard InChI is InChI=1S/C41H26F7N5O2/c1-49-28-7-2-21(3-8-28)4-9-29-10-11-31(23-5-6-24-19-50-39(55)32(24)16-23)36(51-29)25(12-22-13-26(42)17-27(43)14-22)15-30(54)20-53-38-35(37(52-53)41(46,47)48)33-18-34(33)40(38,44)45/h2-3,5-8,10-11,13-14,16-17,25,33-34H,12,15,18-20H2,(H,50,55)/t25-,33+,34-/m1/s1. The summed E-state index contributed by atoms with van der Waals surface area (Å²) in [7, 11) is 0. The number of carbonyl (C=O) groups excluding carboxylic acids is 2. The molecule has 7 nitrogen and oxygen atoms in total. The number of Topliss-reactive ketones (excluding diaryl/α,β-unsaturated/α-hetero) is 1. The summed E-state index contributed by atoms with van der Waals surface area (Å²) in [6.07, 6.45) is -5.85. The van der Waals surface area contributed by atoms with Gasteiger partial charge in [0.2, 0.25) is 0 Å². The lowest BCUT2D eigenvalue weighted by molar-refractivity contribution is -0.142. The Morgan fingerprint density at radius 2 is 1.75 bits per heavy atom. The van der Waals surface area contributed by atoms with Crippen LogP contribution < -0.4 is 5.32 Å². The fourth-order valence-electron chi connectivity index (χ4n) is 7.61. The van der Waals surface area contributed by atoms with E-state index in [0.29, 0.717) is 45.2 Å². The lowest BCUT2D eigenvalue weighted by atomic mass is 9.86. The molecule has 8 rings (SSSR count). The largest absolute Gasteiger partial charge is 0.435 e. The van der Waals surface area contributed by atoms with Crippen molar-refractivity contribution in [2.45, 2.75) is 56.3 Å². The number of nitrogens with zero attached hydrogens (tertiary/aromatic N) is 4. The van der Waals surface area contributed by atoms with Crippen LogP contribution >= 0.6 is 0 Å². The van der Waals surface area contributed by atoms with Gasteiger partial charge in [-0.1, -0.05) is 42.3 Å². The second kappa shape index (κ2) is 13.2. The molecular formula is C41H26F7N5O2. The molecule has 14 heteroatoms. The Bertz CT molecular complexity index is 2510. The van der Waals surface area contributed by atoms with Gasteiger partial charge in [-0.15, -0.1) is 0 Å². The number of benzene rings is 3. The number of amides is 1. The Kier molecular flexibility index (Phi) is 8.60. The van der Waals surface area contributed by atoms with Crippen LogP contribution in [0.1, 0.15) is 80.1 Å². The van der Waals surface area contributed by atoms with Crippen molar-refractivity contribution < 1.29 is 40.3 Å². The lowest BCUT2D eigenvalue weighted by Crippen LogP contribution is -2.24. The van der Waals surface area contributed by atoms with Gasteiger partial charge in [0.15, 0.2) is 17.2 Å². The van der Waals surface area contributed by atoms with E-state index in [9.17, 15) is 31.5 Å². The van der Waals surface area contributed by atoms with E-state index in [1.165, 1.54) is 0 Å². The van der Waals surface area contributed by atoms with Gasteiger partial charge in [0, 0.05) is 53.1 Å². The second-order valence-electron chi connectivity index (χ2n) is 13.9. The molecule has 1 amide bonds. The monoisotopic (exact) mass is 753 g/mol. The Morgan fingerprint density at radius 1 is 1.00 bits per heavy atom. The van der Waals surface area contributed by atoms with Crippen molar-refractivity contribution in [2.75, 3.05) is 0 Å². The molecule has 0 radical (unpaired) electrons. The molecule has 0 saturated heterocycles. The number of ketones is 1. The van der Waals surface area contributed by atoms with E-state index in [4.69, 9.17) is 11.6 Å². The molecule has 2 aliphatic carbocycles. The van der Waals surface area contributed by atoms with Crippen molar-refractivity contribution in [3.05, 3.63) is 146 Å². The highest BCUT2D eigenvalue weighted by atomic mass is 19.4. The Balaban J connectivity index is 1.22. The van der Waals surface area contributed by atoms with Crippen molar-refractivity contribution in [3.63, 3.8) is 0 Å². The molecule has 1 saturated carbocycles. The molecule has 5 aromatic rings. The molecule has 1 aliphatic heterocycles. The molecule has 3 heterocycles. The average molecular weight is 754 g/mol. The van der Waals surface area contributed by atoms with Gasteiger partial charge in [0.25, 0.3) is 11.8 Å². The summed E-state index contributed by atoms with van der Waals surface area (Å²) < 4.78 is 102. The van der Waals surface area contributed by atoms with Crippen LogP contribution in [-0.2, 0) is 36.4 Å². The highest BCUT2D eigenvalue weighted by molar-refractivity contribution is 5.99. The third kappa shape index (κ3) is 6.73. The minimum Gasteiger partial charge on any atom is -0.348 e. The topological polar surface area (TPSA) is 81.2 Å². The van der Waals surface area contributed by atoms with Crippen molar-refractivity contribution in [2.24, 2.45) is 5.92 Å². The van der Waals surface area contributed by atoms with E-state index >= 15 is 8.78 Å². The van der Waals surface area contributed by atoms with E-state index in [1.54, 1.807) is 54.6 Å². The molecule has 55 heavy (non-hydrogen) atoms. The molecule has 0 unspecified atom stereocenters. The Hall–Kier alpha value is -6.28. The van der Waals surface area contributed by atoms with Crippen LogP contribution in [0.5, 0.6) is 0 Å². The van der Waals surface area contributed by atoms with Crippen LogP contribution in [0.15, 0.2) is 72.8 Å². The first-order chi connectivity index (χ1) is 26.2. The molecular weight excluding hydrogens is 727 g/mol. The van der Waals surface area contributed by atoms with Gasteiger partial charge in [0.1, 0.15) is 29.6 Å². The maximum atomic E-state index is 15.3. The zero-order valence-corrected chi connectivity index (χ0v) is 28.4. The number of hydrogen-bond acceptors (Lipinski definition) is 4. The van der Waals surface area contributed by atoms with Gasteiger partial charge < -0.3 is 5.32 Å². The SMILES string of the molecule is [C-]#[N+]c1ccc(C#Cc2ccc(-c3ccc4c(c3)C(=O)NC4)c([C@@H](CC(=O)Cn3nc(C(F)(F)F)c4c3C(F)(F)[C@@H]3C[C@H]43)Cc3cc(F)cc(F)c3)n2)cc1. The van der Waals surface area contributed by atoms with Gasteiger partial charge in [0.05, 0.1) is 12.3 Å². The number of carbonyl (C=O) groups is 2. The summed E-state index contributed by atoms with van der Waals surface area (Å²) in [6.45, 7) is 6.57. The number of halogens is 7. The molecule has 276 valence electrons. The van der Waals surface area contributed by atoms with Crippen molar-refractivity contribution in [1.82, 2.24) is 20.1 Å². The molecule has 3 atom stereocenters. The first-order valence-electron chi connectivity index (χ1n) is 17.1. The zero-order valence-electron chi connectivity index (χ0n) is 28.4. The van der Waals surface area contributed by atoms with Crippen LogP contribution in [-0.4, -0.2) is 26.5 Å². The Morgan fingerprint density at radius 3 is 2.45 bits per heavy atom. The minimum absolute atomic E-state index is 0.112. The summed E-state index contributed by atoms with van der Waals surface area (Å²) in [6, 6.07) is 17.7. The number of nitrogens with one attached hydrogen (secondary N) is 1. The zero-order chi connectivity index (χ0) is 38.8. The highest BCUT2D eigenvalue weighted by Crippen LogP contribution is 2.68. The molecule has 0 spiro atoms. The van der Waals surface area contributed by atoms with Gasteiger partial charge >= 0.3 is 6.18 Å². The fraction of sp³-hybridized carbons (Fsp3) is 0.244. The number of aromatic nitrogens is 3. The molecule has 1 N–H and O–H groups in total. The third-order valence-corrected chi connectivity index (χ3v) is 10.2. The first kappa shape index (κ1) is 35.7. The Labute approximate surface area is 309 Å². The van der Waals surface area contributed by atoms with E-state index in [-0.39, 0.29) is 35.7 Å². The van der Waals surface area contributed by atoms with E-state index in [0.717, 1.165) is 17.7 Å². The van der Waals surface area contributed by atoms with Gasteiger partial charge in [-0.05, 0) is 71.7 Å². The van der Waals surface area contributed by atoms with Crippen molar-refractivity contribution >= 4 is 17.4 Å². The predicted molar refractivity (Wildman–Crippen MR) is 184 cm³/mol. The van der Waals surface area contributed by atoms with Crippen LogP contribution in [0.25, 0.3) is 16.0 Å². The van der Waals surface area contributed by atoms with Crippen LogP contribution in [0, 0.1) is 36.0 Å². The third-order valence-electron chi connectivity index (χ3n) is 10.2. The van der Waals surface area contributed by atoms with Crippen molar-refractivity contribution in [1.29, 1.82) is 0 Å². The number of pyridine rings is 1. The van der Waals surface area contributed by atoms with Crippen LogP contribution in [0.3, 0.4) is 0 Å². The van der Waals surface area contributed by atoms with Gasteiger partial charge in [-0.3, -0.25) is 14.3 Å². The van der Waals surface area contributed by atoms with Crippen molar-refractivity contribution in [3.8, 4) is 23.0 Å². The summed E-state index contributed by atoms with van der Waals surface area (Å²) in [5, 5.41) is 6.24. The quantitative estimate of drug-likeness (QED) is 0.0978. The maximum absolute atomic E-state index is 15.3. The summed E-state index contributed by atoms with van der Waals surface area (Å²) in [5.74, 6) is -3.91. The second-order valence-corrected chi connectivity index (χ2v) is 13.9. The number of hydrogen-bond donors (Lipinski definition) is 1. The van der Waals surface area contributed by atoms with E-state index in [2.05, 4.69) is 27.1 Å². The van der Waals surface area contributed by atoms with Crippen LogP contribution in [0.4, 0.5) is 36.4 Å². The highest BCUT2D eigenvalue weighted by Gasteiger charge is 2.68. The molecule has 2 aromatic heterocycles. The molecule has 1 fully saturated rings. The number of alkyl halides is 5. The first-order valence-corrected chi connectivity index (χ1v) is 17.1. The average Bonchev–Trinajstić information content (AvgIpc) is 3.65. The minimum atomic E-state index is -5.03. The van der Waals surface area contributed by atoms with E-state index < -0.39 is 77.2 Å². The normalized spacial score (nSPS) is 18.0. The molecule has 0 bridgehead atoms. The summed E-state index contributed by atoms with van der Waals surface area (Å²) >= 11 is 0. The summed E-state index contributed by atoms with van der Waals surface area (Å²) in [5.41, 5.74) is 0.665. The smallest absolute Gasteiger partial charge is 0.348 e. The molecule has 3 aliphatic rings. The van der Waals surface area contributed by atoms with E-state index in [1.807, 2.05) is 0 Å². The van der Waals surface area contributed by atoms with Gasteiger partial charge in [-0.25, -0.2) is 18.6 Å². The lowest BCUT2D eigenvalue weighted by Gasteiger charge is -2.21. The molecule has 3 aromatic carbocycles. The van der Waals surface area contributed by atoms with Gasteiger partial charge in [-0.2, -0.15) is 27.1 Å². The number of rotatable bonds is 8. The maximum Gasteiger partial charge on any atom is 0.435 e. The number of fused-ring (bicyclic) bond motifs is 4. The summed E-state index contributed by atoms with van der Waals surface area (Å²) in [4.78, 5) is 34.7.